The second kappa shape index (κ2) is 3.54. The summed E-state index contributed by atoms with van der Waals surface area (Å²) in [5.41, 5.74) is 2.16. The maximum atomic E-state index is 13.2. The Labute approximate surface area is 92.0 Å². The van der Waals surface area contributed by atoms with Crippen molar-refractivity contribution in [1.29, 1.82) is 0 Å². The van der Waals surface area contributed by atoms with Crippen LogP contribution in [0.3, 0.4) is 0 Å². The fraction of sp³-hybridized carbons (Fsp3) is 0.455. The Kier molecular flexibility index (Phi) is 2.52. The van der Waals surface area contributed by atoms with Gasteiger partial charge in [-0.3, -0.25) is 0 Å². The van der Waals surface area contributed by atoms with E-state index in [1.807, 2.05) is 13.0 Å². The number of hydrogen-bond acceptors (Lipinski definition) is 1. The molecule has 0 aliphatic carbocycles. The van der Waals surface area contributed by atoms with Crippen LogP contribution in [0, 0.1) is 12.7 Å². The standard InChI is InChI=1S/C11H13BrFN/c1-7-5-10(13)9(12)6-11(7)14-4-3-8(14)2/h5-6,8H,3-4H2,1-2H3. The lowest BCUT2D eigenvalue weighted by atomic mass is 10.0. The van der Waals surface area contributed by atoms with E-state index in [4.69, 9.17) is 0 Å². The SMILES string of the molecule is Cc1cc(F)c(Br)cc1N1CCC1C. The first-order chi connectivity index (χ1) is 6.59. The minimum atomic E-state index is -0.181. The predicted molar refractivity (Wildman–Crippen MR) is 60.3 cm³/mol. The number of benzene rings is 1. The molecular weight excluding hydrogens is 245 g/mol. The molecule has 0 radical (unpaired) electrons. The van der Waals surface area contributed by atoms with Crippen LogP contribution in [0.4, 0.5) is 10.1 Å². The quantitative estimate of drug-likeness (QED) is 0.745. The van der Waals surface area contributed by atoms with Gasteiger partial charge in [0.05, 0.1) is 4.47 Å². The largest absolute Gasteiger partial charge is 0.368 e. The van der Waals surface area contributed by atoms with E-state index in [9.17, 15) is 4.39 Å². The highest BCUT2D eigenvalue weighted by molar-refractivity contribution is 9.10. The van der Waals surface area contributed by atoms with Gasteiger partial charge in [-0.15, -0.1) is 0 Å². The lowest BCUT2D eigenvalue weighted by molar-refractivity contribution is 0.479. The van der Waals surface area contributed by atoms with Crippen LogP contribution >= 0.6 is 15.9 Å². The molecule has 0 saturated carbocycles. The molecule has 1 aromatic carbocycles. The summed E-state index contributed by atoms with van der Waals surface area (Å²) in [6.45, 7) is 5.23. The molecule has 1 aliphatic heterocycles. The Morgan fingerprint density at radius 3 is 2.71 bits per heavy atom. The van der Waals surface area contributed by atoms with Crippen molar-refractivity contribution >= 4 is 21.6 Å². The van der Waals surface area contributed by atoms with Gasteiger partial charge >= 0.3 is 0 Å². The molecule has 0 bridgehead atoms. The topological polar surface area (TPSA) is 3.24 Å². The molecule has 1 aromatic rings. The van der Waals surface area contributed by atoms with E-state index in [-0.39, 0.29) is 5.82 Å². The zero-order valence-corrected chi connectivity index (χ0v) is 9.94. The Balaban J connectivity index is 2.38. The molecule has 0 N–H and O–H groups in total. The molecule has 1 fully saturated rings. The average molecular weight is 258 g/mol. The molecule has 2 rings (SSSR count). The molecule has 76 valence electrons. The normalized spacial score (nSPS) is 20.9. The summed E-state index contributed by atoms with van der Waals surface area (Å²) in [6.07, 6.45) is 1.23. The molecule has 14 heavy (non-hydrogen) atoms. The zero-order valence-electron chi connectivity index (χ0n) is 8.35. The van der Waals surface area contributed by atoms with Gasteiger partial charge in [0.1, 0.15) is 5.82 Å². The third kappa shape index (κ3) is 1.54. The molecule has 3 heteroatoms. The van der Waals surface area contributed by atoms with E-state index in [1.165, 1.54) is 6.42 Å². The molecule has 1 nitrogen and oxygen atoms in total. The fourth-order valence-corrected chi connectivity index (χ4v) is 2.15. The zero-order chi connectivity index (χ0) is 10.3. The van der Waals surface area contributed by atoms with Crippen LogP contribution in [-0.4, -0.2) is 12.6 Å². The van der Waals surface area contributed by atoms with E-state index in [1.54, 1.807) is 6.07 Å². The van der Waals surface area contributed by atoms with Gasteiger partial charge in [0, 0.05) is 18.3 Å². The van der Waals surface area contributed by atoms with Gasteiger partial charge in [0.2, 0.25) is 0 Å². The van der Waals surface area contributed by atoms with Gasteiger partial charge in [-0.25, -0.2) is 4.39 Å². The number of nitrogens with zero attached hydrogens (tertiary/aromatic N) is 1. The summed E-state index contributed by atoms with van der Waals surface area (Å²) in [5.74, 6) is -0.181. The van der Waals surface area contributed by atoms with Crippen LogP contribution in [0.15, 0.2) is 16.6 Å². The maximum Gasteiger partial charge on any atom is 0.137 e. The Bertz CT molecular complexity index is 365. The fourth-order valence-electron chi connectivity index (χ4n) is 1.82. The van der Waals surface area contributed by atoms with Crippen LogP contribution in [0.1, 0.15) is 18.9 Å². The highest BCUT2D eigenvalue weighted by Crippen LogP contribution is 2.32. The highest BCUT2D eigenvalue weighted by atomic mass is 79.9. The minimum Gasteiger partial charge on any atom is -0.368 e. The van der Waals surface area contributed by atoms with Gasteiger partial charge in [-0.1, -0.05) is 0 Å². The van der Waals surface area contributed by atoms with Crippen molar-refractivity contribution in [3.05, 3.63) is 28.0 Å². The molecule has 1 unspecified atom stereocenters. The van der Waals surface area contributed by atoms with Crippen molar-refractivity contribution in [2.75, 3.05) is 11.4 Å². The van der Waals surface area contributed by atoms with Gasteiger partial charge in [0.15, 0.2) is 0 Å². The van der Waals surface area contributed by atoms with Crippen molar-refractivity contribution in [2.24, 2.45) is 0 Å². The molecule has 1 saturated heterocycles. The van der Waals surface area contributed by atoms with E-state index in [0.29, 0.717) is 10.5 Å². The Hall–Kier alpha value is -0.570. The molecule has 0 amide bonds. The third-order valence-corrected chi connectivity index (χ3v) is 3.48. The smallest absolute Gasteiger partial charge is 0.137 e. The molecule has 1 heterocycles. The van der Waals surface area contributed by atoms with Crippen LogP contribution in [0.2, 0.25) is 0 Å². The lowest BCUT2D eigenvalue weighted by Gasteiger charge is -2.41. The summed E-state index contributed by atoms with van der Waals surface area (Å²) in [7, 11) is 0. The first-order valence-corrected chi connectivity index (χ1v) is 5.61. The van der Waals surface area contributed by atoms with Crippen LogP contribution in [-0.2, 0) is 0 Å². The van der Waals surface area contributed by atoms with Gasteiger partial charge < -0.3 is 4.90 Å². The van der Waals surface area contributed by atoms with Crippen molar-refractivity contribution < 1.29 is 4.39 Å². The maximum absolute atomic E-state index is 13.2. The van der Waals surface area contributed by atoms with Gasteiger partial charge in [-0.2, -0.15) is 0 Å². The van der Waals surface area contributed by atoms with Crippen molar-refractivity contribution in [3.63, 3.8) is 0 Å². The Morgan fingerprint density at radius 2 is 2.21 bits per heavy atom. The van der Waals surface area contributed by atoms with E-state index >= 15 is 0 Å². The number of aryl methyl sites for hydroxylation is 1. The number of anilines is 1. The highest BCUT2D eigenvalue weighted by Gasteiger charge is 2.25. The number of hydrogen-bond donors (Lipinski definition) is 0. The van der Waals surface area contributed by atoms with Crippen molar-refractivity contribution in [3.8, 4) is 0 Å². The predicted octanol–water partition coefficient (Wildman–Crippen LogP) is 3.50. The molecule has 0 spiro atoms. The molecular formula is C11H13BrFN. The van der Waals surface area contributed by atoms with Crippen LogP contribution in [0.25, 0.3) is 0 Å². The number of rotatable bonds is 1. The molecule has 0 aromatic heterocycles. The lowest BCUT2D eigenvalue weighted by Crippen LogP contribution is -2.46. The van der Waals surface area contributed by atoms with Crippen molar-refractivity contribution in [1.82, 2.24) is 0 Å². The van der Waals surface area contributed by atoms with Crippen LogP contribution in [0.5, 0.6) is 0 Å². The monoisotopic (exact) mass is 257 g/mol. The van der Waals surface area contributed by atoms with E-state index in [0.717, 1.165) is 17.8 Å². The third-order valence-electron chi connectivity index (χ3n) is 2.87. The Morgan fingerprint density at radius 1 is 1.50 bits per heavy atom. The minimum absolute atomic E-state index is 0.181. The van der Waals surface area contributed by atoms with E-state index < -0.39 is 0 Å². The van der Waals surface area contributed by atoms with Gasteiger partial charge in [0.25, 0.3) is 0 Å². The second-order valence-electron chi connectivity index (χ2n) is 3.88. The molecule has 1 atom stereocenters. The van der Waals surface area contributed by atoms with Crippen LogP contribution < -0.4 is 4.90 Å². The molecule has 1 aliphatic rings. The average Bonchev–Trinajstić information content (AvgIpc) is 2.12. The first-order valence-electron chi connectivity index (χ1n) is 4.82. The summed E-state index contributed by atoms with van der Waals surface area (Å²) in [5, 5.41) is 0. The summed E-state index contributed by atoms with van der Waals surface area (Å²) in [6, 6.07) is 4.05. The van der Waals surface area contributed by atoms with E-state index in [2.05, 4.69) is 27.8 Å². The summed E-state index contributed by atoms with van der Waals surface area (Å²) in [4.78, 5) is 2.31. The first kappa shape index (κ1) is 9.97. The second-order valence-corrected chi connectivity index (χ2v) is 4.74. The summed E-state index contributed by atoms with van der Waals surface area (Å²) < 4.78 is 13.7. The number of halogens is 2. The summed E-state index contributed by atoms with van der Waals surface area (Å²) >= 11 is 3.22. The van der Waals surface area contributed by atoms with Gasteiger partial charge in [-0.05, 0) is 53.9 Å². The van der Waals surface area contributed by atoms with Crippen molar-refractivity contribution in [2.45, 2.75) is 26.3 Å².